The summed E-state index contributed by atoms with van der Waals surface area (Å²) >= 11 is 6.17. The van der Waals surface area contributed by atoms with E-state index in [0.29, 0.717) is 27.5 Å². The summed E-state index contributed by atoms with van der Waals surface area (Å²) in [4.78, 5) is 19.3. The predicted molar refractivity (Wildman–Crippen MR) is 120 cm³/mol. The molecule has 168 valence electrons. The maximum atomic E-state index is 15.1. The molecular formula is C25H27ClFN3O2. The van der Waals surface area contributed by atoms with Crippen LogP contribution < -0.4 is 4.74 Å². The lowest BCUT2D eigenvalue weighted by molar-refractivity contribution is -0.199. The number of aromatic nitrogens is 1. The fourth-order valence-electron chi connectivity index (χ4n) is 5.88. The average molecular weight is 456 g/mol. The highest BCUT2D eigenvalue weighted by molar-refractivity contribution is 6.31. The molecule has 1 aliphatic heterocycles. The van der Waals surface area contributed by atoms with Crippen molar-refractivity contribution in [1.29, 1.82) is 5.26 Å². The first-order chi connectivity index (χ1) is 14.9. The van der Waals surface area contributed by atoms with E-state index >= 15 is 4.39 Å². The molecule has 0 atom stereocenters. The van der Waals surface area contributed by atoms with Gasteiger partial charge < -0.3 is 9.64 Å². The Morgan fingerprint density at radius 1 is 1.28 bits per heavy atom. The number of carbonyl (C=O) groups excluding carboxylic acids is 1. The summed E-state index contributed by atoms with van der Waals surface area (Å²) < 4.78 is 21.4. The van der Waals surface area contributed by atoms with Crippen LogP contribution in [0.2, 0.25) is 5.02 Å². The van der Waals surface area contributed by atoms with Crippen LogP contribution in [0.5, 0.6) is 5.75 Å². The second-order valence-corrected chi connectivity index (χ2v) is 10.6. The van der Waals surface area contributed by atoms with Crippen LogP contribution in [-0.4, -0.2) is 27.9 Å². The number of amides is 1. The Balaban J connectivity index is 1.62. The highest BCUT2D eigenvalue weighted by Gasteiger charge is 2.67. The van der Waals surface area contributed by atoms with Gasteiger partial charge in [0.25, 0.3) is 5.91 Å². The van der Waals surface area contributed by atoms with E-state index in [1.165, 1.54) is 6.20 Å². The van der Waals surface area contributed by atoms with Crippen LogP contribution in [-0.2, 0) is 6.54 Å². The molecule has 1 saturated carbocycles. The molecule has 0 N–H and O–H groups in total. The number of benzene rings is 1. The van der Waals surface area contributed by atoms with Gasteiger partial charge in [-0.25, -0.2) is 4.39 Å². The number of hydrogen-bond donors (Lipinski definition) is 0. The number of hydrogen-bond acceptors (Lipinski definition) is 4. The topological polar surface area (TPSA) is 66.2 Å². The van der Waals surface area contributed by atoms with Crippen molar-refractivity contribution in [1.82, 2.24) is 9.88 Å². The lowest BCUT2D eigenvalue weighted by Gasteiger charge is -2.65. The molecule has 1 fully saturated rings. The van der Waals surface area contributed by atoms with Gasteiger partial charge >= 0.3 is 0 Å². The first-order valence-electron chi connectivity index (χ1n) is 10.8. The Kier molecular flexibility index (Phi) is 5.25. The van der Waals surface area contributed by atoms with Crippen LogP contribution in [0.1, 0.15) is 74.6 Å². The molecule has 32 heavy (non-hydrogen) atoms. The Labute approximate surface area is 193 Å². The summed E-state index contributed by atoms with van der Waals surface area (Å²) in [6.45, 7) is 12.3. The molecule has 1 amide bonds. The Bertz CT molecular complexity index is 1140. The van der Waals surface area contributed by atoms with Gasteiger partial charge in [0, 0.05) is 40.3 Å². The van der Waals surface area contributed by atoms with E-state index in [4.69, 9.17) is 21.6 Å². The maximum Gasteiger partial charge on any atom is 0.273 e. The third-order valence-corrected chi connectivity index (χ3v) is 7.25. The van der Waals surface area contributed by atoms with Gasteiger partial charge in [-0.1, -0.05) is 53.1 Å². The van der Waals surface area contributed by atoms with Crippen molar-refractivity contribution < 1.29 is 13.9 Å². The van der Waals surface area contributed by atoms with Crippen molar-refractivity contribution in [2.75, 3.05) is 0 Å². The van der Waals surface area contributed by atoms with Gasteiger partial charge in [-0.15, -0.1) is 0 Å². The van der Waals surface area contributed by atoms with Gasteiger partial charge in [0.15, 0.2) is 0 Å². The molecule has 0 spiro atoms. The number of rotatable bonds is 4. The molecule has 0 radical (unpaired) electrons. The lowest BCUT2D eigenvalue weighted by Crippen LogP contribution is -2.74. The second kappa shape index (κ2) is 7.45. The normalized spacial score (nSPS) is 23.0. The summed E-state index contributed by atoms with van der Waals surface area (Å²) in [5.41, 5.74) is 0.708. The summed E-state index contributed by atoms with van der Waals surface area (Å²) in [7, 11) is 0. The molecule has 4 rings (SSSR count). The number of nitriles is 1. The minimum Gasteiger partial charge on any atom is -0.489 e. The van der Waals surface area contributed by atoms with Gasteiger partial charge in [0.05, 0.1) is 17.1 Å². The van der Waals surface area contributed by atoms with Gasteiger partial charge in [0.2, 0.25) is 0 Å². The third kappa shape index (κ3) is 3.17. The molecule has 1 aromatic heterocycles. The van der Waals surface area contributed by atoms with Gasteiger partial charge in [0.1, 0.15) is 29.4 Å². The molecule has 7 heteroatoms. The highest BCUT2D eigenvalue weighted by atomic mass is 35.5. The lowest BCUT2D eigenvalue weighted by atomic mass is 9.49. The smallest absolute Gasteiger partial charge is 0.273 e. The van der Waals surface area contributed by atoms with Crippen LogP contribution >= 0.6 is 11.6 Å². The minimum absolute atomic E-state index is 0.00874. The molecule has 1 aliphatic carbocycles. The van der Waals surface area contributed by atoms with Crippen LogP contribution in [0.3, 0.4) is 0 Å². The van der Waals surface area contributed by atoms with Crippen LogP contribution in [0, 0.1) is 28.0 Å². The van der Waals surface area contributed by atoms with E-state index in [-0.39, 0.29) is 42.0 Å². The largest absolute Gasteiger partial charge is 0.489 e. The summed E-state index contributed by atoms with van der Waals surface area (Å²) in [6, 6.07) is 6.88. The van der Waals surface area contributed by atoms with E-state index in [1.54, 1.807) is 23.1 Å². The summed E-state index contributed by atoms with van der Waals surface area (Å²) in [5.74, 6) is 0.00511. The van der Waals surface area contributed by atoms with Crippen molar-refractivity contribution in [3.63, 3.8) is 0 Å². The molecular weight excluding hydrogens is 429 g/mol. The Hall–Kier alpha value is -2.65. The van der Waals surface area contributed by atoms with Crippen LogP contribution in [0.15, 0.2) is 24.4 Å². The zero-order chi connectivity index (χ0) is 23.6. The monoisotopic (exact) mass is 455 g/mol. The number of nitrogens with zero attached hydrogens (tertiary/aromatic N) is 3. The highest BCUT2D eigenvalue weighted by Crippen LogP contribution is 2.59. The first kappa shape index (κ1) is 22.5. The summed E-state index contributed by atoms with van der Waals surface area (Å²) in [6.07, 6.45) is 1.27. The van der Waals surface area contributed by atoms with Crippen molar-refractivity contribution in [3.8, 4) is 11.8 Å². The van der Waals surface area contributed by atoms with E-state index in [0.717, 1.165) is 0 Å². The number of ether oxygens (including phenoxy) is 1. The quantitative estimate of drug-likeness (QED) is 0.592. The number of halogens is 2. The zero-order valence-electron chi connectivity index (χ0n) is 19.2. The molecule has 0 saturated heterocycles. The average Bonchev–Trinajstić information content (AvgIpc) is 3.02. The number of carbonyl (C=O) groups is 1. The number of pyridine rings is 1. The van der Waals surface area contributed by atoms with Crippen LogP contribution in [0.4, 0.5) is 4.39 Å². The fraction of sp³-hybridized carbons (Fsp3) is 0.480. The van der Waals surface area contributed by atoms with Gasteiger partial charge in [-0.2, -0.15) is 5.26 Å². The van der Waals surface area contributed by atoms with Crippen molar-refractivity contribution in [2.45, 2.75) is 66.2 Å². The van der Waals surface area contributed by atoms with Crippen molar-refractivity contribution in [3.05, 3.63) is 57.6 Å². The Morgan fingerprint density at radius 3 is 2.50 bits per heavy atom. The van der Waals surface area contributed by atoms with Crippen molar-refractivity contribution >= 4 is 17.5 Å². The van der Waals surface area contributed by atoms with E-state index in [2.05, 4.69) is 32.7 Å². The predicted octanol–water partition coefficient (Wildman–Crippen LogP) is 5.71. The standard InChI is InChI=1S/C25H27ClFN3O2/c1-13(2)16-11-29-20-17(19(16)27)12-30(21(20)31)22-24(3,4)23(25(22,5)6)32-15-8-7-14(10-28)18(26)9-15/h7-9,11,13,22-23H,12H2,1-6H3/t22-,23-. The Morgan fingerprint density at radius 2 is 1.94 bits per heavy atom. The van der Waals surface area contributed by atoms with Crippen molar-refractivity contribution in [2.24, 2.45) is 10.8 Å². The third-order valence-electron chi connectivity index (χ3n) is 6.94. The maximum absolute atomic E-state index is 15.1. The van der Waals surface area contributed by atoms with Gasteiger partial charge in [-0.05, 0) is 18.1 Å². The SMILES string of the molecule is CC(C)c1cnc2c(c1F)CN([C@H]1C(C)(C)[C@H](Oc3ccc(C#N)c(Cl)c3)C1(C)C)C2=O. The zero-order valence-corrected chi connectivity index (χ0v) is 19.9. The molecule has 0 unspecified atom stereocenters. The van der Waals surface area contributed by atoms with Gasteiger partial charge in [-0.3, -0.25) is 9.78 Å². The molecule has 2 aliphatic rings. The first-order valence-corrected chi connectivity index (χ1v) is 11.1. The molecule has 2 heterocycles. The molecule has 0 bridgehead atoms. The summed E-state index contributed by atoms with van der Waals surface area (Å²) in [5, 5.41) is 9.43. The van der Waals surface area contributed by atoms with E-state index in [1.807, 2.05) is 19.9 Å². The van der Waals surface area contributed by atoms with E-state index < -0.39 is 10.8 Å². The van der Waals surface area contributed by atoms with E-state index in [9.17, 15) is 4.79 Å². The molecule has 5 nitrogen and oxygen atoms in total. The number of fused-ring (bicyclic) bond motifs is 1. The molecule has 2 aromatic rings. The minimum atomic E-state index is -0.404. The molecule has 1 aromatic carbocycles. The fourth-order valence-corrected chi connectivity index (χ4v) is 6.09. The van der Waals surface area contributed by atoms with Crippen LogP contribution in [0.25, 0.3) is 0 Å². The second-order valence-electron chi connectivity index (χ2n) is 10.2.